The van der Waals surface area contributed by atoms with Gasteiger partial charge in [0, 0.05) is 12.5 Å². The molecular formula is C7H13F2NSi. The highest BCUT2D eigenvalue weighted by atomic mass is 28.4. The van der Waals surface area contributed by atoms with Crippen molar-refractivity contribution in [1.29, 1.82) is 5.26 Å². The Morgan fingerprint density at radius 2 is 2.09 bits per heavy atom. The summed E-state index contributed by atoms with van der Waals surface area (Å²) < 4.78 is 25.0. The van der Waals surface area contributed by atoms with E-state index in [1.807, 2.05) is 13.0 Å². The fourth-order valence-corrected chi connectivity index (χ4v) is 2.44. The smallest absolute Gasteiger partial charge is 0.271 e. The van der Waals surface area contributed by atoms with Crippen LogP contribution in [-0.4, -0.2) is 8.74 Å². The van der Waals surface area contributed by atoms with Gasteiger partial charge >= 0.3 is 8.74 Å². The third-order valence-electron chi connectivity index (χ3n) is 1.60. The minimum absolute atomic E-state index is 0.0307. The first-order valence-corrected chi connectivity index (χ1v) is 6.20. The highest BCUT2D eigenvalue weighted by Crippen LogP contribution is 2.23. The van der Waals surface area contributed by atoms with Crippen molar-refractivity contribution in [3.63, 3.8) is 0 Å². The molecule has 0 spiro atoms. The van der Waals surface area contributed by atoms with Crippen LogP contribution in [0.25, 0.3) is 0 Å². The number of halogens is 2. The average Bonchev–Trinajstić information content (AvgIpc) is 1.84. The van der Waals surface area contributed by atoms with Crippen LogP contribution < -0.4 is 0 Å². The van der Waals surface area contributed by atoms with Gasteiger partial charge in [0.2, 0.25) is 0 Å². The van der Waals surface area contributed by atoms with E-state index in [2.05, 4.69) is 0 Å². The lowest BCUT2D eigenvalue weighted by Crippen LogP contribution is -2.20. The minimum Gasteiger partial charge on any atom is -0.271 e. The lowest BCUT2D eigenvalue weighted by Gasteiger charge is -2.13. The maximum absolute atomic E-state index is 12.5. The van der Waals surface area contributed by atoms with E-state index < -0.39 is 8.74 Å². The summed E-state index contributed by atoms with van der Waals surface area (Å²) in [5.41, 5.74) is 0. The summed E-state index contributed by atoms with van der Waals surface area (Å²) >= 11 is 0. The highest BCUT2D eigenvalue weighted by Gasteiger charge is 2.30. The van der Waals surface area contributed by atoms with E-state index in [4.69, 9.17) is 5.26 Å². The highest BCUT2D eigenvalue weighted by molar-refractivity contribution is 6.64. The third kappa shape index (κ3) is 5.98. The lowest BCUT2D eigenvalue weighted by molar-refractivity contribution is 0.507. The van der Waals surface area contributed by atoms with Crippen LogP contribution in [0.3, 0.4) is 0 Å². The molecule has 64 valence electrons. The van der Waals surface area contributed by atoms with Gasteiger partial charge < -0.3 is 0 Å². The van der Waals surface area contributed by atoms with Gasteiger partial charge in [-0.15, -0.1) is 0 Å². The van der Waals surface area contributed by atoms with Crippen molar-refractivity contribution in [2.75, 3.05) is 0 Å². The first-order valence-electron chi connectivity index (χ1n) is 3.74. The molecule has 0 radical (unpaired) electrons. The van der Waals surface area contributed by atoms with Gasteiger partial charge in [-0.05, 0) is 12.5 Å². The van der Waals surface area contributed by atoms with E-state index in [0.29, 0.717) is 6.42 Å². The summed E-state index contributed by atoms with van der Waals surface area (Å²) in [6.45, 7) is 2.88. The molecule has 0 fully saturated rings. The number of hydrogen-bond acceptors (Lipinski definition) is 1. The number of rotatable bonds is 4. The van der Waals surface area contributed by atoms with Crippen LogP contribution in [0.4, 0.5) is 8.22 Å². The quantitative estimate of drug-likeness (QED) is 0.478. The Morgan fingerprint density at radius 3 is 2.36 bits per heavy atom. The topological polar surface area (TPSA) is 23.8 Å². The van der Waals surface area contributed by atoms with Crippen LogP contribution in [0, 0.1) is 17.2 Å². The standard InChI is InChI=1S/C7H13F2NSi/c1-3-7(4-5-10)6-11(2,8)9/h7H,3-4,6H2,1-2H3. The fraction of sp³-hybridized carbons (Fsp3) is 0.857. The van der Waals surface area contributed by atoms with Crippen molar-refractivity contribution >= 4 is 8.74 Å². The van der Waals surface area contributed by atoms with E-state index in [9.17, 15) is 8.22 Å². The molecule has 0 aliphatic carbocycles. The molecule has 0 N–H and O–H groups in total. The van der Waals surface area contributed by atoms with Gasteiger partial charge in [0.25, 0.3) is 0 Å². The fourth-order valence-electron chi connectivity index (χ4n) is 0.997. The van der Waals surface area contributed by atoms with E-state index in [1.165, 1.54) is 0 Å². The molecule has 0 aromatic carbocycles. The Morgan fingerprint density at radius 1 is 1.55 bits per heavy atom. The molecular weight excluding hydrogens is 164 g/mol. The summed E-state index contributed by atoms with van der Waals surface area (Å²) in [5.74, 6) is -0.0910. The molecule has 0 aromatic rings. The zero-order chi connectivity index (χ0) is 8.91. The van der Waals surface area contributed by atoms with E-state index >= 15 is 0 Å². The van der Waals surface area contributed by atoms with E-state index in [1.54, 1.807) is 0 Å². The third-order valence-corrected chi connectivity index (χ3v) is 2.90. The molecule has 0 saturated carbocycles. The Balaban J connectivity index is 3.80. The minimum atomic E-state index is -3.93. The zero-order valence-corrected chi connectivity index (χ0v) is 7.90. The molecule has 0 aliphatic heterocycles. The molecule has 0 saturated heterocycles. The maximum atomic E-state index is 12.5. The molecule has 0 amide bonds. The Kier molecular flexibility index (Phi) is 4.27. The van der Waals surface area contributed by atoms with Gasteiger partial charge in [-0.3, -0.25) is 8.22 Å². The van der Waals surface area contributed by atoms with Crippen LogP contribution in [-0.2, 0) is 0 Å². The van der Waals surface area contributed by atoms with Crippen molar-refractivity contribution in [2.24, 2.45) is 5.92 Å². The summed E-state index contributed by atoms with van der Waals surface area (Å²) in [6, 6.07) is 1.90. The van der Waals surface area contributed by atoms with Gasteiger partial charge in [-0.25, -0.2) is 0 Å². The molecule has 1 unspecified atom stereocenters. The van der Waals surface area contributed by atoms with Crippen LogP contribution in [0.15, 0.2) is 0 Å². The lowest BCUT2D eigenvalue weighted by atomic mass is 10.1. The number of nitrogens with zero attached hydrogens (tertiary/aromatic N) is 1. The largest absolute Gasteiger partial charge is 0.422 e. The summed E-state index contributed by atoms with van der Waals surface area (Å²) in [7, 11) is -3.93. The van der Waals surface area contributed by atoms with Crippen molar-refractivity contribution in [3.05, 3.63) is 0 Å². The van der Waals surface area contributed by atoms with Crippen LogP contribution >= 0.6 is 0 Å². The van der Waals surface area contributed by atoms with Crippen LogP contribution in [0.2, 0.25) is 12.6 Å². The molecule has 0 aromatic heterocycles. The van der Waals surface area contributed by atoms with E-state index in [0.717, 1.165) is 6.55 Å². The summed E-state index contributed by atoms with van der Waals surface area (Å²) in [5, 5.41) is 8.29. The summed E-state index contributed by atoms with van der Waals surface area (Å²) in [6.07, 6.45) is 0.955. The predicted octanol–water partition coefficient (Wildman–Crippen LogP) is 2.94. The van der Waals surface area contributed by atoms with E-state index in [-0.39, 0.29) is 18.4 Å². The monoisotopic (exact) mass is 177 g/mol. The zero-order valence-electron chi connectivity index (χ0n) is 6.90. The molecule has 0 aliphatic rings. The second-order valence-electron chi connectivity index (χ2n) is 2.91. The molecule has 0 bridgehead atoms. The van der Waals surface area contributed by atoms with Crippen molar-refractivity contribution < 1.29 is 8.22 Å². The van der Waals surface area contributed by atoms with Crippen molar-refractivity contribution in [2.45, 2.75) is 32.4 Å². The Hall–Kier alpha value is -0.433. The molecule has 1 atom stereocenters. The first kappa shape index (κ1) is 10.6. The second kappa shape index (κ2) is 4.45. The Labute approximate surface area is 67.4 Å². The predicted molar refractivity (Wildman–Crippen MR) is 42.7 cm³/mol. The normalized spacial score (nSPS) is 14.1. The molecule has 0 heterocycles. The van der Waals surface area contributed by atoms with Crippen LogP contribution in [0.5, 0.6) is 0 Å². The summed E-state index contributed by atoms with van der Waals surface area (Å²) in [4.78, 5) is 0. The Bertz CT molecular complexity index is 148. The van der Waals surface area contributed by atoms with Gasteiger partial charge in [0.05, 0.1) is 6.07 Å². The average molecular weight is 177 g/mol. The van der Waals surface area contributed by atoms with Gasteiger partial charge in [-0.2, -0.15) is 5.26 Å². The van der Waals surface area contributed by atoms with Crippen LogP contribution in [0.1, 0.15) is 19.8 Å². The van der Waals surface area contributed by atoms with Crippen molar-refractivity contribution in [3.8, 4) is 6.07 Å². The van der Waals surface area contributed by atoms with Gasteiger partial charge in [-0.1, -0.05) is 13.3 Å². The SMILES string of the molecule is CCC(CC#N)C[Si](C)(F)F. The molecule has 0 rings (SSSR count). The number of nitriles is 1. The number of hydrogen-bond donors (Lipinski definition) is 0. The maximum Gasteiger partial charge on any atom is 0.422 e. The second-order valence-corrected chi connectivity index (χ2v) is 5.46. The molecule has 4 heteroatoms. The van der Waals surface area contributed by atoms with Gasteiger partial charge in [0.15, 0.2) is 0 Å². The first-order chi connectivity index (χ1) is 4.99. The van der Waals surface area contributed by atoms with Crippen molar-refractivity contribution in [1.82, 2.24) is 0 Å². The molecule has 11 heavy (non-hydrogen) atoms. The molecule has 1 nitrogen and oxygen atoms in total. The van der Waals surface area contributed by atoms with Gasteiger partial charge in [0.1, 0.15) is 0 Å².